The fourth-order valence-electron chi connectivity index (χ4n) is 4.10. The van der Waals surface area contributed by atoms with Gasteiger partial charge in [-0.05, 0) is 41.5 Å². The summed E-state index contributed by atoms with van der Waals surface area (Å²) in [5, 5.41) is 3.98. The van der Waals surface area contributed by atoms with E-state index in [1.807, 2.05) is 0 Å². The van der Waals surface area contributed by atoms with Gasteiger partial charge in [0.05, 0.1) is 6.04 Å². The Labute approximate surface area is 139 Å². The molecule has 23 heavy (non-hydrogen) atoms. The SMILES string of the molecule is C(=C1\Cc2ccccc2C1NC1CCCCC1)/c1ccccc1. The van der Waals surface area contributed by atoms with Gasteiger partial charge in [-0.25, -0.2) is 0 Å². The molecule has 0 radical (unpaired) electrons. The van der Waals surface area contributed by atoms with E-state index in [0.717, 1.165) is 6.42 Å². The Kier molecular flexibility index (Phi) is 4.30. The Morgan fingerprint density at radius 3 is 2.39 bits per heavy atom. The van der Waals surface area contributed by atoms with Crippen LogP contribution in [0, 0.1) is 0 Å². The summed E-state index contributed by atoms with van der Waals surface area (Å²) in [6.45, 7) is 0. The molecule has 1 N–H and O–H groups in total. The molecule has 2 aromatic carbocycles. The molecule has 0 heterocycles. The molecule has 0 aromatic heterocycles. The van der Waals surface area contributed by atoms with Gasteiger partial charge in [-0.15, -0.1) is 0 Å². The third kappa shape index (κ3) is 3.25. The predicted octanol–water partition coefficient (Wildman–Crippen LogP) is 5.29. The monoisotopic (exact) mass is 303 g/mol. The molecule has 0 spiro atoms. The molecular formula is C22H25N. The first-order valence-electron chi connectivity index (χ1n) is 8.99. The smallest absolute Gasteiger partial charge is 0.0547 e. The van der Waals surface area contributed by atoms with Crippen LogP contribution in [0.1, 0.15) is 54.8 Å². The Balaban J connectivity index is 1.63. The van der Waals surface area contributed by atoms with Gasteiger partial charge in [0.2, 0.25) is 0 Å². The summed E-state index contributed by atoms with van der Waals surface area (Å²) in [6.07, 6.45) is 10.3. The van der Waals surface area contributed by atoms with Crippen molar-refractivity contribution in [1.82, 2.24) is 5.32 Å². The summed E-state index contributed by atoms with van der Waals surface area (Å²) >= 11 is 0. The molecule has 2 aromatic rings. The quantitative estimate of drug-likeness (QED) is 0.812. The minimum absolute atomic E-state index is 0.398. The zero-order valence-electron chi connectivity index (χ0n) is 13.7. The Hall–Kier alpha value is -1.86. The minimum Gasteiger partial charge on any atom is -0.304 e. The molecule has 2 aliphatic rings. The highest BCUT2D eigenvalue weighted by Crippen LogP contribution is 2.38. The summed E-state index contributed by atoms with van der Waals surface area (Å²) in [6, 6.07) is 20.8. The standard InChI is InChI=1S/C22H25N/c1-3-9-17(10-4-1)15-19-16-18-11-7-8-14-21(18)22(19)23-20-12-5-2-6-13-20/h1,3-4,7-11,14-15,20,22-23H,2,5-6,12-13,16H2/b19-15-. The van der Waals surface area contributed by atoms with Crippen molar-refractivity contribution in [3.05, 3.63) is 76.9 Å². The zero-order chi connectivity index (χ0) is 15.5. The van der Waals surface area contributed by atoms with E-state index in [0.29, 0.717) is 12.1 Å². The maximum atomic E-state index is 3.98. The van der Waals surface area contributed by atoms with Crippen LogP contribution < -0.4 is 5.32 Å². The average molecular weight is 303 g/mol. The molecule has 0 bridgehead atoms. The highest BCUT2D eigenvalue weighted by Gasteiger charge is 2.29. The highest BCUT2D eigenvalue weighted by atomic mass is 15.0. The number of nitrogens with one attached hydrogen (secondary N) is 1. The second-order valence-electron chi connectivity index (χ2n) is 6.94. The zero-order valence-corrected chi connectivity index (χ0v) is 13.7. The Bertz CT molecular complexity index is 680. The second kappa shape index (κ2) is 6.72. The molecule has 4 rings (SSSR count). The summed E-state index contributed by atoms with van der Waals surface area (Å²) in [7, 11) is 0. The van der Waals surface area contributed by atoms with Crippen molar-refractivity contribution in [3.8, 4) is 0 Å². The van der Waals surface area contributed by atoms with Gasteiger partial charge in [0.15, 0.2) is 0 Å². The van der Waals surface area contributed by atoms with Crippen molar-refractivity contribution >= 4 is 6.08 Å². The number of fused-ring (bicyclic) bond motifs is 1. The Morgan fingerprint density at radius 1 is 0.826 bits per heavy atom. The van der Waals surface area contributed by atoms with Crippen LogP contribution in [0.25, 0.3) is 6.08 Å². The van der Waals surface area contributed by atoms with Crippen LogP contribution in [0.3, 0.4) is 0 Å². The van der Waals surface area contributed by atoms with Crippen molar-refractivity contribution in [1.29, 1.82) is 0 Å². The van der Waals surface area contributed by atoms with Crippen molar-refractivity contribution < 1.29 is 0 Å². The van der Waals surface area contributed by atoms with Crippen LogP contribution in [-0.2, 0) is 6.42 Å². The largest absolute Gasteiger partial charge is 0.304 e. The van der Waals surface area contributed by atoms with Crippen LogP contribution in [0.2, 0.25) is 0 Å². The third-order valence-electron chi connectivity index (χ3n) is 5.29. The maximum Gasteiger partial charge on any atom is 0.0547 e. The van der Waals surface area contributed by atoms with E-state index in [1.165, 1.54) is 54.4 Å². The summed E-state index contributed by atoms with van der Waals surface area (Å²) in [5.74, 6) is 0. The number of hydrogen-bond acceptors (Lipinski definition) is 1. The molecule has 0 aliphatic heterocycles. The van der Waals surface area contributed by atoms with Crippen molar-refractivity contribution in [2.45, 2.75) is 50.6 Å². The van der Waals surface area contributed by atoms with E-state index in [-0.39, 0.29) is 0 Å². The lowest BCUT2D eigenvalue weighted by molar-refractivity contribution is 0.355. The fraction of sp³-hybridized carbons (Fsp3) is 0.364. The van der Waals surface area contributed by atoms with Crippen molar-refractivity contribution in [2.75, 3.05) is 0 Å². The van der Waals surface area contributed by atoms with Crippen LogP contribution in [0.5, 0.6) is 0 Å². The molecule has 1 fully saturated rings. The van der Waals surface area contributed by atoms with Crippen LogP contribution in [0.4, 0.5) is 0 Å². The first-order valence-corrected chi connectivity index (χ1v) is 8.99. The lowest BCUT2D eigenvalue weighted by Crippen LogP contribution is -2.34. The summed E-state index contributed by atoms with van der Waals surface area (Å²) in [4.78, 5) is 0. The first-order chi connectivity index (χ1) is 11.4. The van der Waals surface area contributed by atoms with E-state index >= 15 is 0 Å². The van der Waals surface area contributed by atoms with Crippen molar-refractivity contribution in [3.63, 3.8) is 0 Å². The number of benzene rings is 2. The van der Waals surface area contributed by atoms with Gasteiger partial charge in [-0.3, -0.25) is 0 Å². The second-order valence-corrected chi connectivity index (χ2v) is 6.94. The van der Waals surface area contributed by atoms with E-state index in [9.17, 15) is 0 Å². The van der Waals surface area contributed by atoms with Crippen LogP contribution in [-0.4, -0.2) is 6.04 Å². The molecule has 0 saturated heterocycles. The van der Waals surface area contributed by atoms with Crippen LogP contribution in [0.15, 0.2) is 60.2 Å². The normalized spacial score (nSPS) is 23.1. The first kappa shape index (κ1) is 14.7. The molecule has 0 amide bonds. The lowest BCUT2D eigenvalue weighted by Gasteiger charge is -2.28. The molecule has 1 heteroatoms. The van der Waals surface area contributed by atoms with Crippen molar-refractivity contribution in [2.24, 2.45) is 0 Å². The lowest BCUT2D eigenvalue weighted by atomic mass is 9.93. The minimum atomic E-state index is 0.398. The summed E-state index contributed by atoms with van der Waals surface area (Å²) < 4.78 is 0. The summed E-state index contributed by atoms with van der Waals surface area (Å²) in [5.41, 5.74) is 5.80. The van der Waals surface area contributed by atoms with E-state index in [4.69, 9.17) is 0 Å². The highest BCUT2D eigenvalue weighted by molar-refractivity contribution is 5.60. The van der Waals surface area contributed by atoms with Gasteiger partial charge >= 0.3 is 0 Å². The van der Waals surface area contributed by atoms with Gasteiger partial charge in [0.25, 0.3) is 0 Å². The number of rotatable bonds is 3. The fourth-order valence-corrected chi connectivity index (χ4v) is 4.10. The Morgan fingerprint density at radius 2 is 1.57 bits per heavy atom. The molecule has 2 aliphatic carbocycles. The molecule has 1 saturated carbocycles. The number of hydrogen-bond donors (Lipinski definition) is 1. The molecular weight excluding hydrogens is 278 g/mol. The topological polar surface area (TPSA) is 12.0 Å². The maximum absolute atomic E-state index is 3.98. The van der Waals surface area contributed by atoms with Crippen LogP contribution >= 0.6 is 0 Å². The van der Waals surface area contributed by atoms with Gasteiger partial charge in [0.1, 0.15) is 0 Å². The molecule has 1 unspecified atom stereocenters. The molecule has 1 atom stereocenters. The van der Waals surface area contributed by atoms with E-state index in [1.54, 1.807) is 0 Å². The van der Waals surface area contributed by atoms with Gasteiger partial charge in [-0.1, -0.05) is 79.9 Å². The molecule has 1 nitrogen and oxygen atoms in total. The molecule has 118 valence electrons. The van der Waals surface area contributed by atoms with Gasteiger partial charge < -0.3 is 5.32 Å². The van der Waals surface area contributed by atoms with E-state index < -0.39 is 0 Å². The third-order valence-corrected chi connectivity index (χ3v) is 5.29. The van der Waals surface area contributed by atoms with Gasteiger partial charge in [-0.2, -0.15) is 0 Å². The van der Waals surface area contributed by atoms with E-state index in [2.05, 4.69) is 66.0 Å². The predicted molar refractivity (Wildman–Crippen MR) is 97.3 cm³/mol. The van der Waals surface area contributed by atoms with Gasteiger partial charge in [0, 0.05) is 6.04 Å². The average Bonchev–Trinajstić information content (AvgIpc) is 2.94.